The molecule has 0 heterocycles. The quantitative estimate of drug-likeness (QED) is 0.832. The number of rotatable bonds is 5. The van der Waals surface area contributed by atoms with Gasteiger partial charge in [-0.2, -0.15) is 0 Å². The van der Waals surface area contributed by atoms with E-state index in [0.717, 1.165) is 5.56 Å². The van der Waals surface area contributed by atoms with Crippen molar-refractivity contribution in [1.29, 1.82) is 0 Å². The van der Waals surface area contributed by atoms with E-state index < -0.39 is 0 Å². The average molecular weight is 291 g/mol. The lowest BCUT2D eigenvalue weighted by molar-refractivity contribution is -0.123. The molecule has 0 radical (unpaired) electrons. The maximum Gasteiger partial charge on any atom is 0.258 e. The fourth-order valence-corrected chi connectivity index (χ4v) is 1.69. The molecular formula is C15H15ClN2O2. The summed E-state index contributed by atoms with van der Waals surface area (Å²) in [7, 11) is 0. The third-order valence-corrected chi connectivity index (χ3v) is 2.90. The molecule has 0 atom stereocenters. The number of nitrogens with two attached hydrogens (primary N) is 1. The number of benzene rings is 2. The molecule has 0 unspecified atom stereocenters. The summed E-state index contributed by atoms with van der Waals surface area (Å²) in [6, 6.07) is 14.2. The summed E-state index contributed by atoms with van der Waals surface area (Å²) in [6.45, 7) is 0.416. The van der Waals surface area contributed by atoms with Crippen molar-refractivity contribution in [3.05, 3.63) is 59.1 Å². The second-order valence-electron chi connectivity index (χ2n) is 4.26. The molecule has 2 aromatic rings. The van der Waals surface area contributed by atoms with Gasteiger partial charge in [-0.1, -0.05) is 23.7 Å². The van der Waals surface area contributed by atoms with Gasteiger partial charge in [0.2, 0.25) is 0 Å². The van der Waals surface area contributed by atoms with Gasteiger partial charge in [0.1, 0.15) is 5.75 Å². The normalized spacial score (nSPS) is 10.1. The van der Waals surface area contributed by atoms with E-state index in [2.05, 4.69) is 5.32 Å². The molecular weight excluding hydrogens is 276 g/mol. The minimum Gasteiger partial charge on any atom is -0.484 e. The second kappa shape index (κ2) is 6.82. The number of carbonyl (C=O) groups is 1. The lowest BCUT2D eigenvalue weighted by Crippen LogP contribution is -2.28. The van der Waals surface area contributed by atoms with Crippen LogP contribution in [0.3, 0.4) is 0 Å². The van der Waals surface area contributed by atoms with Gasteiger partial charge in [-0.3, -0.25) is 4.79 Å². The van der Waals surface area contributed by atoms with Crippen LogP contribution in [0.15, 0.2) is 48.5 Å². The molecule has 0 bridgehead atoms. The molecule has 0 spiro atoms. The first-order valence-electron chi connectivity index (χ1n) is 6.13. The Balaban J connectivity index is 1.75. The highest BCUT2D eigenvalue weighted by Gasteiger charge is 2.03. The number of hydrogen-bond donors (Lipinski definition) is 2. The molecule has 0 aromatic heterocycles. The van der Waals surface area contributed by atoms with Crippen molar-refractivity contribution in [2.75, 3.05) is 12.3 Å². The third-order valence-electron chi connectivity index (χ3n) is 2.65. The maximum atomic E-state index is 11.6. The average Bonchev–Trinajstić information content (AvgIpc) is 2.46. The maximum absolute atomic E-state index is 11.6. The van der Waals surface area contributed by atoms with Crippen molar-refractivity contribution in [3.63, 3.8) is 0 Å². The molecule has 0 fully saturated rings. The van der Waals surface area contributed by atoms with Crippen molar-refractivity contribution in [2.45, 2.75) is 6.54 Å². The topological polar surface area (TPSA) is 64.3 Å². The molecule has 0 saturated heterocycles. The molecule has 2 aromatic carbocycles. The molecule has 4 nitrogen and oxygen atoms in total. The Morgan fingerprint density at radius 3 is 2.40 bits per heavy atom. The van der Waals surface area contributed by atoms with E-state index >= 15 is 0 Å². The number of hydrogen-bond acceptors (Lipinski definition) is 3. The minimum atomic E-state index is -0.184. The first-order valence-corrected chi connectivity index (χ1v) is 6.51. The standard InChI is InChI=1S/C15H15ClN2O2/c16-12-3-7-14(8-4-12)20-10-15(19)18-9-11-1-5-13(17)6-2-11/h1-8H,9-10,17H2,(H,18,19). The Hall–Kier alpha value is -2.20. The lowest BCUT2D eigenvalue weighted by Gasteiger charge is -2.08. The molecule has 0 aliphatic rings. The van der Waals surface area contributed by atoms with Gasteiger partial charge in [-0.05, 0) is 42.0 Å². The fourth-order valence-electron chi connectivity index (χ4n) is 1.57. The number of carbonyl (C=O) groups excluding carboxylic acids is 1. The van der Waals surface area contributed by atoms with Crippen molar-refractivity contribution in [2.24, 2.45) is 0 Å². The summed E-state index contributed by atoms with van der Waals surface area (Å²) < 4.78 is 5.34. The number of ether oxygens (including phenoxy) is 1. The molecule has 3 N–H and O–H groups in total. The van der Waals surface area contributed by atoms with Crippen LogP contribution in [0.2, 0.25) is 5.02 Å². The van der Waals surface area contributed by atoms with E-state index in [1.807, 2.05) is 12.1 Å². The summed E-state index contributed by atoms with van der Waals surface area (Å²) >= 11 is 5.76. The van der Waals surface area contributed by atoms with E-state index in [1.165, 1.54) is 0 Å². The van der Waals surface area contributed by atoms with Crippen LogP contribution in [-0.2, 0) is 11.3 Å². The Bertz CT molecular complexity index is 516. The Kier molecular flexibility index (Phi) is 4.85. The molecule has 0 saturated carbocycles. The number of halogens is 1. The summed E-state index contributed by atoms with van der Waals surface area (Å²) in [5.74, 6) is 0.425. The van der Waals surface area contributed by atoms with Gasteiger partial charge < -0.3 is 15.8 Å². The van der Waals surface area contributed by atoms with E-state index in [4.69, 9.17) is 22.1 Å². The van der Waals surface area contributed by atoms with Gasteiger partial charge >= 0.3 is 0 Å². The fraction of sp³-hybridized carbons (Fsp3) is 0.133. The molecule has 1 amide bonds. The zero-order valence-corrected chi connectivity index (χ0v) is 11.6. The summed E-state index contributed by atoms with van der Waals surface area (Å²) in [4.78, 5) is 11.6. The summed E-state index contributed by atoms with van der Waals surface area (Å²) in [6.07, 6.45) is 0. The van der Waals surface area contributed by atoms with Gasteiger partial charge in [0.25, 0.3) is 5.91 Å². The van der Waals surface area contributed by atoms with Gasteiger partial charge in [-0.25, -0.2) is 0 Å². The molecule has 104 valence electrons. The smallest absolute Gasteiger partial charge is 0.258 e. The van der Waals surface area contributed by atoms with Crippen LogP contribution in [0.5, 0.6) is 5.75 Å². The zero-order valence-electron chi connectivity index (χ0n) is 10.8. The van der Waals surface area contributed by atoms with E-state index in [1.54, 1.807) is 36.4 Å². The number of anilines is 1. The first-order chi connectivity index (χ1) is 9.63. The van der Waals surface area contributed by atoms with Gasteiger partial charge in [0.05, 0.1) is 0 Å². The molecule has 2 rings (SSSR count). The summed E-state index contributed by atoms with van der Waals surface area (Å²) in [5.41, 5.74) is 7.27. The monoisotopic (exact) mass is 290 g/mol. The highest BCUT2D eigenvalue weighted by Crippen LogP contribution is 2.15. The van der Waals surface area contributed by atoms with Crippen LogP contribution in [-0.4, -0.2) is 12.5 Å². The van der Waals surface area contributed by atoms with Gasteiger partial charge in [0, 0.05) is 17.3 Å². The Labute approximate surface area is 122 Å². The number of amides is 1. The van der Waals surface area contributed by atoms with Gasteiger partial charge in [-0.15, -0.1) is 0 Å². The predicted molar refractivity (Wildman–Crippen MR) is 79.6 cm³/mol. The van der Waals surface area contributed by atoms with Crippen LogP contribution in [0.25, 0.3) is 0 Å². The van der Waals surface area contributed by atoms with Crippen LogP contribution < -0.4 is 15.8 Å². The van der Waals surface area contributed by atoms with Crippen LogP contribution >= 0.6 is 11.6 Å². The molecule has 0 aliphatic carbocycles. The van der Waals surface area contributed by atoms with Crippen molar-refractivity contribution >= 4 is 23.2 Å². The molecule has 5 heteroatoms. The molecule has 20 heavy (non-hydrogen) atoms. The van der Waals surface area contributed by atoms with Crippen molar-refractivity contribution < 1.29 is 9.53 Å². The number of nitrogens with one attached hydrogen (secondary N) is 1. The van der Waals surface area contributed by atoms with E-state index in [-0.39, 0.29) is 12.5 Å². The van der Waals surface area contributed by atoms with E-state index in [9.17, 15) is 4.79 Å². The molecule has 0 aliphatic heterocycles. The van der Waals surface area contributed by atoms with Gasteiger partial charge in [0.15, 0.2) is 6.61 Å². The Morgan fingerprint density at radius 2 is 1.75 bits per heavy atom. The minimum absolute atomic E-state index is 0.0311. The summed E-state index contributed by atoms with van der Waals surface area (Å²) in [5, 5.41) is 3.40. The third kappa shape index (κ3) is 4.48. The van der Waals surface area contributed by atoms with Crippen LogP contribution in [0, 0.1) is 0 Å². The highest BCUT2D eigenvalue weighted by molar-refractivity contribution is 6.30. The number of nitrogen functional groups attached to an aromatic ring is 1. The lowest BCUT2D eigenvalue weighted by atomic mass is 10.2. The van der Waals surface area contributed by atoms with Crippen LogP contribution in [0.4, 0.5) is 5.69 Å². The second-order valence-corrected chi connectivity index (χ2v) is 4.70. The Morgan fingerprint density at radius 1 is 1.10 bits per heavy atom. The predicted octanol–water partition coefficient (Wildman–Crippen LogP) is 2.62. The van der Waals surface area contributed by atoms with E-state index in [0.29, 0.717) is 23.0 Å². The SMILES string of the molecule is Nc1ccc(CNC(=O)COc2ccc(Cl)cc2)cc1. The van der Waals surface area contributed by atoms with Crippen LogP contribution in [0.1, 0.15) is 5.56 Å². The zero-order chi connectivity index (χ0) is 14.4. The first kappa shape index (κ1) is 14.2. The van der Waals surface area contributed by atoms with Crippen molar-refractivity contribution in [1.82, 2.24) is 5.32 Å². The highest BCUT2D eigenvalue weighted by atomic mass is 35.5. The van der Waals surface area contributed by atoms with Crippen molar-refractivity contribution in [3.8, 4) is 5.75 Å². The largest absolute Gasteiger partial charge is 0.484 e.